The highest BCUT2D eigenvalue weighted by atomic mass is 79.9. The quantitative estimate of drug-likeness (QED) is 0.849. The molecule has 0 saturated carbocycles. The maximum atomic E-state index is 13.5. The first-order chi connectivity index (χ1) is 9.69. The van der Waals surface area contributed by atoms with Crippen LogP contribution in [0.1, 0.15) is 18.1 Å². The largest absolute Gasteiger partial charge is 0.489 e. The van der Waals surface area contributed by atoms with E-state index in [1.54, 1.807) is 0 Å². The Kier molecular flexibility index (Phi) is 5.56. The molecule has 0 spiro atoms. The van der Waals surface area contributed by atoms with Crippen molar-refractivity contribution in [1.82, 2.24) is 5.32 Å². The molecule has 0 bridgehead atoms. The van der Waals surface area contributed by atoms with Gasteiger partial charge in [0, 0.05) is 22.6 Å². The molecule has 0 aliphatic rings. The zero-order valence-corrected chi connectivity index (χ0v) is 12.9. The second-order valence-electron chi connectivity index (χ2n) is 4.46. The monoisotopic (exact) mass is 337 g/mol. The van der Waals surface area contributed by atoms with Gasteiger partial charge in [-0.05, 0) is 30.3 Å². The van der Waals surface area contributed by atoms with Crippen LogP contribution in [0.15, 0.2) is 46.9 Å². The maximum absolute atomic E-state index is 13.5. The van der Waals surface area contributed by atoms with Gasteiger partial charge in [0.15, 0.2) is 0 Å². The van der Waals surface area contributed by atoms with Crippen LogP contribution in [0.2, 0.25) is 0 Å². The molecular weight excluding hydrogens is 321 g/mol. The molecule has 106 valence electrons. The molecule has 0 aromatic heterocycles. The van der Waals surface area contributed by atoms with Crippen molar-refractivity contribution in [1.29, 1.82) is 0 Å². The van der Waals surface area contributed by atoms with Gasteiger partial charge in [0.25, 0.3) is 0 Å². The summed E-state index contributed by atoms with van der Waals surface area (Å²) in [5, 5.41) is 3.17. The fourth-order valence-corrected chi connectivity index (χ4v) is 2.25. The molecule has 0 aliphatic carbocycles. The zero-order valence-electron chi connectivity index (χ0n) is 11.3. The lowest BCUT2D eigenvalue weighted by Crippen LogP contribution is -2.12. The average molecular weight is 338 g/mol. The first-order valence-corrected chi connectivity index (χ1v) is 7.34. The molecule has 0 saturated heterocycles. The molecule has 0 unspecified atom stereocenters. The van der Waals surface area contributed by atoms with Gasteiger partial charge in [0.05, 0.1) is 0 Å². The minimum absolute atomic E-state index is 0.275. The number of rotatable bonds is 6. The molecular formula is C16H17BrFNO. The molecule has 2 rings (SSSR count). The summed E-state index contributed by atoms with van der Waals surface area (Å²) in [4.78, 5) is 0. The van der Waals surface area contributed by atoms with E-state index < -0.39 is 0 Å². The molecule has 2 nitrogen and oxygen atoms in total. The number of nitrogens with one attached hydrogen (secondary N) is 1. The Morgan fingerprint density at radius 1 is 1.20 bits per heavy atom. The van der Waals surface area contributed by atoms with Gasteiger partial charge < -0.3 is 10.1 Å². The highest BCUT2D eigenvalue weighted by molar-refractivity contribution is 9.10. The molecule has 1 N–H and O–H groups in total. The van der Waals surface area contributed by atoms with E-state index in [4.69, 9.17) is 4.74 Å². The SMILES string of the molecule is CCNCc1cc(F)cc(OCc2ccccc2Br)c1. The summed E-state index contributed by atoms with van der Waals surface area (Å²) in [5.41, 5.74) is 1.92. The number of hydrogen-bond acceptors (Lipinski definition) is 2. The predicted molar refractivity (Wildman–Crippen MR) is 82.3 cm³/mol. The lowest BCUT2D eigenvalue weighted by Gasteiger charge is -2.10. The lowest BCUT2D eigenvalue weighted by molar-refractivity contribution is 0.303. The van der Waals surface area contributed by atoms with Crippen LogP contribution >= 0.6 is 15.9 Å². The second-order valence-corrected chi connectivity index (χ2v) is 5.31. The maximum Gasteiger partial charge on any atom is 0.127 e. The Morgan fingerprint density at radius 3 is 2.75 bits per heavy atom. The van der Waals surface area contributed by atoms with Gasteiger partial charge in [-0.15, -0.1) is 0 Å². The second kappa shape index (κ2) is 7.41. The van der Waals surface area contributed by atoms with E-state index >= 15 is 0 Å². The van der Waals surface area contributed by atoms with Crippen LogP contribution in [0.4, 0.5) is 4.39 Å². The van der Waals surface area contributed by atoms with Crippen molar-refractivity contribution < 1.29 is 9.13 Å². The summed E-state index contributed by atoms with van der Waals surface area (Å²) in [6.07, 6.45) is 0. The third kappa shape index (κ3) is 4.32. The topological polar surface area (TPSA) is 21.3 Å². The minimum atomic E-state index is -0.275. The van der Waals surface area contributed by atoms with Crippen LogP contribution in [0, 0.1) is 5.82 Å². The summed E-state index contributed by atoms with van der Waals surface area (Å²) >= 11 is 3.47. The van der Waals surface area contributed by atoms with Gasteiger partial charge in [-0.2, -0.15) is 0 Å². The van der Waals surface area contributed by atoms with Crippen LogP contribution in [0.25, 0.3) is 0 Å². The number of benzene rings is 2. The summed E-state index contributed by atoms with van der Waals surface area (Å²) in [5.74, 6) is 0.274. The Morgan fingerprint density at radius 2 is 2.00 bits per heavy atom. The molecule has 0 atom stereocenters. The first-order valence-electron chi connectivity index (χ1n) is 6.55. The van der Waals surface area contributed by atoms with E-state index in [0.717, 1.165) is 22.1 Å². The van der Waals surface area contributed by atoms with E-state index in [1.165, 1.54) is 12.1 Å². The van der Waals surface area contributed by atoms with Gasteiger partial charge in [0.2, 0.25) is 0 Å². The highest BCUT2D eigenvalue weighted by Gasteiger charge is 2.04. The van der Waals surface area contributed by atoms with E-state index in [0.29, 0.717) is 18.9 Å². The number of hydrogen-bond donors (Lipinski definition) is 1. The molecule has 0 aliphatic heterocycles. The van der Waals surface area contributed by atoms with E-state index in [9.17, 15) is 4.39 Å². The van der Waals surface area contributed by atoms with E-state index in [2.05, 4.69) is 21.2 Å². The van der Waals surface area contributed by atoms with Crippen LogP contribution in [-0.2, 0) is 13.2 Å². The van der Waals surface area contributed by atoms with Crippen LogP contribution in [-0.4, -0.2) is 6.54 Å². The van der Waals surface area contributed by atoms with Crippen molar-refractivity contribution in [2.24, 2.45) is 0 Å². The van der Waals surface area contributed by atoms with Crippen LogP contribution in [0.5, 0.6) is 5.75 Å². The van der Waals surface area contributed by atoms with Crippen LogP contribution in [0.3, 0.4) is 0 Å². The third-order valence-corrected chi connectivity index (χ3v) is 3.64. The van der Waals surface area contributed by atoms with Crippen molar-refractivity contribution in [2.75, 3.05) is 6.54 Å². The molecule has 0 heterocycles. The number of ether oxygens (including phenoxy) is 1. The van der Waals surface area contributed by atoms with Gasteiger partial charge in [-0.25, -0.2) is 4.39 Å². The smallest absolute Gasteiger partial charge is 0.127 e. The standard InChI is InChI=1S/C16H17BrFNO/c1-2-19-10-12-7-14(18)9-15(8-12)20-11-13-5-3-4-6-16(13)17/h3-9,19H,2,10-11H2,1H3. The van der Waals surface area contributed by atoms with Crippen LogP contribution < -0.4 is 10.1 Å². The average Bonchev–Trinajstić information content (AvgIpc) is 2.44. The Hall–Kier alpha value is -1.39. The summed E-state index contributed by atoms with van der Waals surface area (Å²) in [6.45, 7) is 3.92. The number of halogens is 2. The van der Waals surface area contributed by atoms with Crippen molar-refractivity contribution in [3.05, 3.63) is 63.9 Å². The Bertz CT molecular complexity index is 574. The third-order valence-electron chi connectivity index (χ3n) is 2.86. The molecule has 0 fully saturated rings. The van der Waals surface area contributed by atoms with Gasteiger partial charge in [-0.3, -0.25) is 0 Å². The molecule has 2 aromatic carbocycles. The normalized spacial score (nSPS) is 10.6. The Balaban J connectivity index is 2.05. The van der Waals surface area contributed by atoms with Crippen molar-refractivity contribution in [3.8, 4) is 5.75 Å². The molecule has 0 amide bonds. The molecule has 2 aromatic rings. The first kappa shape index (κ1) is 15.0. The minimum Gasteiger partial charge on any atom is -0.489 e. The van der Waals surface area contributed by atoms with E-state index in [1.807, 2.05) is 37.3 Å². The predicted octanol–water partition coefficient (Wildman–Crippen LogP) is 4.28. The fraction of sp³-hybridized carbons (Fsp3) is 0.250. The fourth-order valence-electron chi connectivity index (χ4n) is 1.85. The lowest BCUT2D eigenvalue weighted by atomic mass is 10.2. The molecule has 0 radical (unpaired) electrons. The zero-order chi connectivity index (χ0) is 14.4. The van der Waals surface area contributed by atoms with Gasteiger partial charge in [0.1, 0.15) is 18.2 Å². The summed E-state index contributed by atoms with van der Waals surface area (Å²) in [6, 6.07) is 12.6. The van der Waals surface area contributed by atoms with Gasteiger partial charge in [-0.1, -0.05) is 41.1 Å². The summed E-state index contributed by atoms with van der Waals surface area (Å²) < 4.78 is 20.2. The molecule has 4 heteroatoms. The van der Waals surface area contributed by atoms with Gasteiger partial charge >= 0.3 is 0 Å². The molecule has 20 heavy (non-hydrogen) atoms. The van der Waals surface area contributed by atoms with Crippen molar-refractivity contribution in [2.45, 2.75) is 20.1 Å². The summed E-state index contributed by atoms with van der Waals surface area (Å²) in [7, 11) is 0. The highest BCUT2D eigenvalue weighted by Crippen LogP contribution is 2.21. The Labute approximate surface area is 127 Å². The van der Waals surface area contributed by atoms with E-state index in [-0.39, 0.29) is 5.82 Å². The van der Waals surface area contributed by atoms with Crippen molar-refractivity contribution in [3.63, 3.8) is 0 Å². The van der Waals surface area contributed by atoms with Crippen molar-refractivity contribution >= 4 is 15.9 Å².